The molecule has 1 aromatic carbocycles. The van der Waals surface area contributed by atoms with E-state index in [9.17, 15) is 13.2 Å². The molecule has 3 heterocycles. The summed E-state index contributed by atoms with van der Waals surface area (Å²) in [5.74, 6) is 0.680. The highest BCUT2D eigenvalue weighted by atomic mass is 32.2. The minimum Gasteiger partial charge on any atom is -0.457 e. The monoisotopic (exact) mass is 506 g/mol. The third-order valence-electron chi connectivity index (χ3n) is 5.57. The molecule has 4 unspecified atom stereocenters. The molecule has 5 N–H and O–H groups in total. The molecule has 2 aliphatic rings. The largest absolute Gasteiger partial charge is 0.457 e. The first kappa shape index (κ1) is 24.6. The Morgan fingerprint density at radius 2 is 2.03 bits per heavy atom. The lowest BCUT2D eigenvalue weighted by atomic mass is 10.0. The number of rotatable bonds is 6. The van der Waals surface area contributed by atoms with Gasteiger partial charge >= 0.3 is 5.30 Å². The zero-order chi connectivity index (χ0) is 24.5. The van der Waals surface area contributed by atoms with Crippen molar-refractivity contribution in [1.82, 2.24) is 20.3 Å². The lowest BCUT2D eigenvalue weighted by molar-refractivity contribution is 0.181. The molecule has 0 aliphatic carbocycles. The van der Waals surface area contributed by atoms with Crippen LogP contribution in [0.4, 0.5) is 22.0 Å². The van der Waals surface area contributed by atoms with E-state index >= 15 is 0 Å². The molecule has 4 rings (SSSR count). The number of sulfone groups is 1. The maximum Gasteiger partial charge on any atom is 0.375 e. The number of pyridine rings is 1. The average molecular weight is 507 g/mol. The number of nitrogens with zero attached hydrogens (tertiary/aromatic N) is 1. The van der Waals surface area contributed by atoms with Gasteiger partial charge in [-0.3, -0.25) is 15.4 Å². The van der Waals surface area contributed by atoms with Crippen molar-refractivity contribution < 1.29 is 17.9 Å². The van der Waals surface area contributed by atoms with Crippen LogP contribution < -0.4 is 26.0 Å². The Kier molecular flexibility index (Phi) is 6.97. The highest BCUT2D eigenvalue weighted by Crippen LogP contribution is 2.34. The van der Waals surface area contributed by atoms with Gasteiger partial charge in [-0.1, -0.05) is 0 Å². The number of ether oxygens (including phenoxy) is 1. The summed E-state index contributed by atoms with van der Waals surface area (Å²) < 4.78 is 31.8. The van der Waals surface area contributed by atoms with Gasteiger partial charge in [0.15, 0.2) is 9.84 Å². The summed E-state index contributed by atoms with van der Waals surface area (Å²) in [5.41, 5.74) is 2.23. The molecule has 34 heavy (non-hydrogen) atoms. The minimum atomic E-state index is -3.25. The molecule has 2 aromatic rings. The van der Waals surface area contributed by atoms with Crippen LogP contribution in [0.3, 0.4) is 0 Å². The fourth-order valence-corrected chi connectivity index (χ4v) is 6.24. The summed E-state index contributed by atoms with van der Waals surface area (Å²) in [7, 11) is -4.00. The van der Waals surface area contributed by atoms with Crippen LogP contribution in [0.5, 0.6) is 0 Å². The van der Waals surface area contributed by atoms with Crippen molar-refractivity contribution in [2.24, 2.45) is 0 Å². The fourth-order valence-electron chi connectivity index (χ4n) is 3.94. The summed E-state index contributed by atoms with van der Waals surface area (Å²) in [4.78, 5) is 16.9. The number of carbonyl (C=O) groups is 1. The van der Waals surface area contributed by atoms with E-state index in [4.69, 9.17) is 4.74 Å². The van der Waals surface area contributed by atoms with Crippen LogP contribution in [-0.4, -0.2) is 55.3 Å². The maximum atomic E-state index is 12.1. The topological polar surface area (TPSA) is 133 Å². The number of hydrogen-bond acceptors (Lipinski definition) is 10. The zero-order valence-electron chi connectivity index (χ0n) is 19.5. The van der Waals surface area contributed by atoms with Crippen molar-refractivity contribution in [3.63, 3.8) is 0 Å². The Bertz CT molecular complexity index is 1220. The Morgan fingerprint density at radius 3 is 2.71 bits per heavy atom. The summed E-state index contributed by atoms with van der Waals surface area (Å²) in [5, 5.41) is 15.5. The van der Waals surface area contributed by atoms with Crippen molar-refractivity contribution >= 4 is 48.4 Å². The first-order chi connectivity index (χ1) is 16.1. The molecule has 0 fully saturated rings. The molecule has 184 valence electrons. The summed E-state index contributed by atoms with van der Waals surface area (Å²) in [6.45, 7) is 6.84. The smallest absolute Gasteiger partial charge is 0.375 e. The highest BCUT2D eigenvalue weighted by Gasteiger charge is 2.35. The molecule has 10 nitrogen and oxygen atoms in total. The Morgan fingerprint density at radius 1 is 1.29 bits per heavy atom. The van der Waals surface area contributed by atoms with E-state index in [1.54, 1.807) is 37.4 Å². The van der Waals surface area contributed by atoms with Gasteiger partial charge in [-0.15, -0.1) is 0 Å². The van der Waals surface area contributed by atoms with Gasteiger partial charge in [-0.25, -0.2) is 18.2 Å². The molecule has 4 atom stereocenters. The van der Waals surface area contributed by atoms with Crippen molar-refractivity contribution in [3.05, 3.63) is 42.1 Å². The zero-order valence-corrected chi connectivity index (χ0v) is 21.1. The van der Waals surface area contributed by atoms with Gasteiger partial charge in [0.1, 0.15) is 12.1 Å². The Hall–Kier alpha value is -2.51. The standard InChI is InChI=1S/C22H30N6O4S2/c1-5-32-21(29)33-13-22(3,12-24-33)28-20-25-14(2)18-17(27-20)10-11-23-19(18)26-15-6-8-16(9-7-15)34(4,30)31/h6-11,13-14,20,24-25,27-28H,5,12H2,1-4H3,(H,23,26). The van der Waals surface area contributed by atoms with Gasteiger partial charge in [0.2, 0.25) is 0 Å². The third kappa shape index (κ3) is 5.41. The SMILES string of the molecule is CCOC(=O)S1=CC(C)(NC2Nc3ccnc(Nc4ccc(S(C)(=O)=O)cc4)c3C(C)N2)CN1. The maximum absolute atomic E-state index is 12.1. The number of nitrogens with one attached hydrogen (secondary N) is 5. The molecular formula is C22H30N6O4S2. The molecule has 0 saturated heterocycles. The van der Waals surface area contributed by atoms with E-state index < -0.39 is 26.0 Å². The molecule has 0 saturated carbocycles. The molecule has 2 aliphatic heterocycles. The molecule has 0 bridgehead atoms. The molecule has 0 amide bonds. The average Bonchev–Trinajstić information content (AvgIpc) is 3.15. The first-order valence-corrected chi connectivity index (χ1v) is 14.1. The summed E-state index contributed by atoms with van der Waals surface area (Å²) in [6.07, 6.45) is 2.67. The summed E-state index contributed by atoms with van der Waals surface area (Å²) >= 11 is 0. The van der Waals surface area contributed by atoms with E-state index in [1.165, 1.54) is 6.26 Å². The number of fused-ring (bicyclic) bond motifs is 1. The predicted octanol–water partition coefficient (Wildman–Crippen LogP) is 2.68. The number of carbonyl (C=O) groups excluding carboxylic acids is 1. The van der Waals surface area contributed by atoms with Gasteiger partial charge in [-0.05, 0) is 67.1 Å². The number of aromatic nitrogens is 1. The van der Waals surface area contributed by atoms with Gasteiger partial charge < -0.3 is 15.4 Å². The second-order valence-corrected chi connectivity index (χ2v) is 12.1. The second-order valence-electron chi connectivity index (χ2n) is 8.53. The highest BCUT2D eigenvalue weighted by molar-refractivity contribution is 8.26. The Labute approximate surface area is 202 Å². The molecule has 0 spiro atoms. The number of benzene rings is 1. The van der Waals surface area contributed by atoms with Gasteiger partial charge in [-0.2, -0.15) is 0 Å². The molecular weight excluding hydrogens is 476 g/mol. The van der Waals surface area contributed by atoms with E-state index in [-0.39, 0.29) is 22.5 Å². The van der Waals surface area contributed by atoms with Crippen LogP contribution in [0.1, 0.15) is 32.4 Å². The van der Waals surface area contributed by atoms with E-state index in [0.717, 1.165) is 16.9 Å². The van der Waals surface area contributed by atoms with Crippen LogP contribution in [-0.2, 0) is 14.6 Å². The predicted molar refractivity (Wildman–Crippen MR) is 136 cm³/mol. The van der Waals surface area contributed by atoms with Crippen LogP contribution in [0.15, 0.2) is 41.4 Å². The lowest BCUT2D eigenvalue weighted by Crippen LogP contribution is -2.61. The quantitative estimate of drug-likeness (QED) is 0.294. The van der Waals surface area contributed by atoms with Gasteiger partial charge in [0.25, 0.3) is 0 Å². The van der Waals surface area contributed by atoms with E-state index in [2.05, 4.69) is 37.9 Å². The van der Waals surface area contributed by atoms with Crippen molar-refractivity contribution in [3.8, 4) is 0 Å². The van der Waals surface area contributed by atoms with Crippen molar-refractivity contribution in [1.29, 1.82) is 0 Å². The molecule has 12 heteroatoms. The van der Waals surface area contributed by atoms with Gasteiger partial charge in [0, 0.05) is 42.0 Å². The number of anilines is 3. The van der Waals surface area contributed by atoms with E-state index in [1.807, 2.05) is 18.4 Å². The molecule has 1 aromatic heterocycles. The van der Waals surface area contributed by atoms with Crippen LogP contribution >= 0.6 is 10.7 Å². The Balaban J connectivity index is 1.49. The van der Waals surface area contributed by atoms with E-state index in [0.29, 0.717) is 19.0 Å². The summed E-state index contributed by atoms with van der Waals surface area (Å²) in [6, 6.07) is 8.47. The lowest BCUT2D eigenvalue weighted by Gasteiger charge is -2.38. The fraction of sp³-hybridized carbons (Fsp3) is 0.409. The van der Waals surface area contributed by atoms with Crippen LogP contribution in [0, 0.1) is 0 Å². The first-order valence-electron chi connectivity index (χ1n) is 10.9. The third-order valence-corrected chi connectivity index (χ3v) is 8.39. The van der Waals surface area contributed by atoms with Crippen LogP contribution in [0.25, 0.3) is 0 Å². The normalized spacial score (nSPS) is 26.2. The number of hydrogen-bond donors (Lipinski definition) is 5. The minimum absolute atomic E-state index is 0.0403. The molecule has 0 radical (unpaired) electrons. The van der Waals surface area contributed by atoms with Crippen molar-refractivity contribution in [2.75, 3.05) is 30.0 Å². The second kappa shape index (κ2) is 9.62. The van der Waals surface area contributed by atoms with Crippen molar-refractivity contribution in [2.45, 2.75) is 43.5 Å². The van der Waals surface area contributed by atoms with Crippen LogP contribution in [0.2, 0.25) is 0 Å². The van der Waals surface area contributed by atoms with Gasteiger partial charge in [0.05, 0.1) is 17.0 Å².